The first kappa shape index (κ1) is 15.8. The summed E-state index contributed by atoms with van der Waals surface area (Å²) in [5.74, 6) is -0.118. The van der Waals surface area contributed by atoms with Crippen LogP contribution in [-0.2, 0) is 6.54 Å². The smallest absolute Gasteiger partial charge is 0.316 e. The summed E-state index contributed by atoms with van der Waals surface area (Å²) < 4.78 is 1.91. The number of rotatable bonds is 5. The first-order chi connectivity index (χ1) is 11.6. The van der Waals surface area contributed by atoms with Gasteiger partial charge in [0.05, 0.1) is 5.69 Å². The lowest BCUT2D eigenvalue weighted by Crippen LogP contribution is -2.23. The lowest BCUT2D eigenvalue weighted by Gasteiger charge is -2.08. The largest absolute Gasteiger partial charge is 0.351 e. The van der Waals surface area contributed by atoms with Gasteiger partial charge >= 0.3 is 6.03 Å². The van der Waals surface area contributed by atoms with Gasteiger partial charge in [-0.3, -0.25) is 4.79 Å². The number of amides is 3. The minimum Gasteiger partial charge on any atom is -0.351 e. The van der Waals surface area contributed by atoms with Crippen molar-refractivity contribution in [2.24, 2.45) is 5.73 Å². The van der Waals surface area contributed by atoms with E-state index >= 15 is 0 Å². The van der Waals surface area contributed by atoms with Gasteiger partial charge in [-0.25, -0.2) is 4.79 Å². The van der Waals surface area contributed by atoms with Crippen molar-refractivity contribution in [3.8, 4) is 5.69 Å². The highest BCUT2D eigenvalue weighted by Gasteiger charge is 2.13. The van der Waals surface area contributed by atoms with Gasteiger partial charge in [0.1, 0.15) is 4.88 Å². The summed E-state index contributed by atoms with van der Waals surface area (Å²) in [6.07, 6.45) is 3.81. The van der Waals surface area contributed by atoms with E-state index in [1.807, 2.05) is 52.7 Å². The molecule has 0 spiro atoms. The van der Waals surface area contributed by atoms with Crippen LogP contribution in [0, 0.1) is 0 Å². The van der Waals surface area contributed by atoms with Crippen molar-refractivity contribution < 1.29 is 9.59 Å². The minimum atomic E-state index is -0.605. The van der Waals surface area contributed by atoms with Crippen molar-refractivity contribution >= 4 is 29.0 Å². The number of urea groups is 1. The zero-order valence-corrected chi connectivity index (χ0v) is 13.5. The number of carbonyl (C=O) groups is 2. The molecule has 2 aromatic heterocycles. The van der Waals surface area contributed by atoms with Gasteiger partial charge in [0.15, 0.2) is 0 Å². The summed E-state index contributed by atoms with van der Waals surface area (Å²) in [6, 6.07) is 12.3. The quantitative estimate of drug-likeness (QED) is 0.666. The highest BCUT2D eigenvalue weighted by Crippen LogP contribution is 2.21. The third-order valence-corrected chi connectivity index (χ3v) is 4.31. The van der Waals surface area contributed by atoms with Gasteiger partial charge in [0.2, 0.25) is 0 Å². The van der Waals surface area contributed by atoms with Crippen molar-refractivity contribution in [1.29, 1.82) is 0 Å². The van der Waals surface area contributed by atoms with Gasteiger partial charge in [-0.15, -0.1) is 11.3 Å². The van der Waals surface area contributed by atoms with E-state index in [9.17, 15) is 9.59 Å². The maximum Gasteiger partial charge on any atom is 0.316 e. The molecule has 0 bridgehead atoms. The van der Waals surface area contributed by atoms with Crippen molar-refractivity contribution in [2.75, 3.05) is 5.32 Å². The van der Waals surface area contributed by atoms with Crippen molar-refractivity contribution in [1.82, 2.24) is 9.88 Å². The number of anilines is 1. The summed E-state index contributed by atoms with van der Waals surface area (Å²) in [4.78, 5) is 23.9. The molecule has 0 saturated heterocycles. The second-order valence-electron chi connectivity index (χ2n) is 5.09. The lowest BCUT2D eigenvalue weighted by atomic mass is 10.2. The Morgan fingerprint density at radius 2 is 1.79 bits per heavy atom. The standard InChI is InChI=1S/C17H16N4O2S/c18-17(23)20-13-5-3-12(4-6-13)11-19-16(22)15-14(7-10-24-15)21-8-1-2-9-21/h1-10H,11H2,(H,19,22)(H3,18,20,23). The van der Waals surface area contributed by atoms with Gasteiger partial charge < -0.3 is 20.9 Å². The molecule has 3 aromatic rings. The van der Waals surface area contributed by atoms with E-state index in [4.69, 9.17) is 5.73 Å². The van der Waals surface area contributed by atoms with Crippen LogP contribution in [0.4, 0.5) is 10.5 Å². The van der Waals surface area contributed by atoms with Gasteiger partial charge in [-0.1, -0.05) is 12.1 Å². The molecule has 0 aliphatic carbocycles. The predicted octanol–water partition coefficient (Wildman–Crippen LogP) is 2.96. The number of nitrogens with two attached hydrogens (primary N) is 1. The van der Waals surface area contributed by atoms with E-state index < -0.39 is 6.03 Å². The Kier molecular flexibility index (Phi) is 4.62. The second kappa shape index (κ2) is 7.01. The number of hydrogen-bond donors (Lipinski definition) is 3. The van der Waals surface area contributed by atoms with Crippen LogP contribution >= 0.6 is 11.3 Å². The van der Waals surface area contributed by atoms with Gasteiger partial charge in [-0.2, -0.15) is 0 Å². The Balaban J connectivity index is 1.64. The van der Waals surface area contributed by atoms with Crippen molar-refractivity contribution in [3.05, 3.63) is 70.7 Å². The molecule has 0 radical (unpaired) electrons. The van der Waals surface area contributed by atoms with Gasteiger partial charge in [0, 0.05) is 24.6 Å². The molecular formula is C17H16N4O2S. The zero-order valence-electron chi connectivity index (χ0n) is 12.7. The van der Waals surface area contributed by atoms with Crippen molar-refractivity contribution in [3.63, 3.8) is 0 Å². The predicted molar refractivity (Wildman–Crippen MR) is 94.5 cm³/mol. The normalized spacial score (nSPS) is 10.3. The summed E-state index contributed by atoms with van der Waals surface area (Å²) in [7, 11) is 0. The number of nitrogens with zero attached hydrogens (tertiary/aromatic N) is 1. The van der Waals surface area contributed by atoms with Crippen molar-refractivity contribution in [2.45, 2.75) is 6.54 Å². The van der Waals surface area contributed by atoms with Crippen LogP contribution in [0.25, 0.3) is 5.69 Å². The fraction of sp³-hybridized carbons (Fsp3) is 0.0588. The number of carbonyl (C=O) groups excluding carboxylic acids is 2. The molecule has 7 heteroatoms. The Morgan fingerprint density at radius 1 is 1.08 bits per heavy atom. The summed E-state index contributed by atoms with van der Waals surface area (Å²) in [5, 5.41) is 7.30. The molecule has 6 nitrogen and oxygen atoms in total. The molecule has 4 N–H and O–H groups in total. The number of hydrogen-bond acceptors (Lipinski definition) is 3. The molecular weight excluding hydrogens is 324 g/mol. The minimum absolute atomic E-state index is 0.118. The zero-order chi connectivity index (χ0) is 16.9. The highest BCUT2D eigenvalue weighted by molar-refractivity contribution is 7.12. The maximum atomic E-state index is 12.4. The maximum absolute atomic E-state index is 12.4. The average molecular weight is 340 g/mol. The number of nitrogens with one attached hydrogen (secondary N) is 2. The molecule has 24 heavy (non-hydrogen) atoms. The highest BCUT2D eigenvalue weighted by atomic mass is 32.1. The van der Waals surface area contributed by atoms with Crippen LogP contribution in [-0.4, -0.2) is 16.5 Å². The van der Waals surface area contributed by atoms with E-state index in [0.29, 0.717) is 17.1 Å². The van der Waals surface area contributed by atoms with Gasteiger partial charge in [-0.05, 0) is 41.3 Å². The molecule has 0 saturated carbocycles. The molecule has 2 heterocycles. The Hall–Kier alpha value is -3.06. The fourth-order valence-corrected chi connectivity index (χ4v) is 3.09. The number of benzene rings is 1. The molecule has 0 atom stereocenters. The molecule has 1 aromatic carbocycles. The topological polar surface area (TPSA) is 89.2 Å². The molecule has 122 valence electrons. The SMILES string of the molecule is NC(=O)Nc1ccc(CNC(=O)c2sccc2-n2cccc2)cc1. The van der Waals surface area contributed by atoms with E-state index in [-0.39, 0.29) is 5.91 Å². The number of thiophene rings is 1. The number of aromatic nitrogens is 1. The summed E-state index contributed by atoms with van der Waals surface area (Å²) in [6.45, 7) is 0.401. The van der Waals surface area contributed by atoms with Crippen LogP contribution in [0.3, 0.4) is 0 Å². The third kappa shape index (κ3) is 3.64. The second-order valence-corrected chi connectivity index (χ2v) is 6.01. The molecule has 3 rings (SSSR count). The number of primary amides is 1. The molecule has 3 amide bonds. The molecule has 0 unspecified atom stereocenters. The summed E-state index contributed by atoms with van der Waals surface area (Å²) >= 11 is 1.41. The average Bonchev–Trinajstić information content (AvgIpc) is 3.24. The Bertz CT molecular complexity index is 838. The first-order valence-corrected chi connectivity index (χ1v) is 8.16. The van der Waals surface area contributed by atoms with E-state index in [2.05, 4.69) is 10.6 Å². The van der Waals surface area contributed by atoms with Crippen LogP contribution in [0.15, 0.2) is 60.2 Å². The first-order valence-electron chi connectivity index (χ1n) is 7.28. The Morgan fingerprint density at radius 3 is 2.46 bits per heavy atom. The third-order valence-electron chi connectivity index (χ3n) is 3.41. The Labute approximate surface area is 142 Å². The van der Waals surface area contributed by atoms with Gasteiger partial charge in [0.25, 0.3) is 5.91 Å². The van der Waals surface area contributed by atoms with E-state index in [1.165, 1.54) is 11.3 Å². The van der Waals surface area contributed by atoms with Crippen LogP contribution < -0.4 is 16.4 Å². The van der Waals surface area contributed by atoms with Crippen LogP contribution in [0.1, 0.15) is 15.2 Å². The molecule has 0 fully saturated rings. The van der Waals surface area contributed by atoms with Crippen LogP contribution in [0.5, 0.6) is 0 Å². The lowest BCUT2D eigenvalue weighted by molar-refractivity contribution is 0.0955. The van der Waals surface area contributed by atoms with E-state index in [0.717, 1.165) is 11.3 Å². The summed E-state index contributed by atoms with van der Waals surface area (Å²) in [5.41, 5.74) is 7.47. The van der Waals surface area contributed by atoms with E-state index in [1.54, 1.807) is 12.1 Å². The van der Waals surface area contributed by atoms with Crippen LogP contribution in [0.2, 0.25) is 0 Å². The molecule has 0 aliphatic rings. The fourth-order valence-electron chi connectivity index (χ4n) is 2.28. The monoisotopic (exact) mass is 340 g/mol. The molecule has 0 aliphatic heterocycles.